The van der Waals surface area contributed by atoms with Crippen molar-refractivity contribution >= 4 is 29.3 Å². The summed E-state index contributed by atoms with van der Waals surface area (Å²) in [7, 11) is 0. The molecule has 0 aliphatic heterocycles. The van der Waals surface area contributed by atoms with Crippen molar-refractivity contribution in [1.29, 1.82) is 0 Å². The molecule has 6 heteroatoms. The van der Waals surface area contributed by atoms with Crippen molar-refractivity contribution in [3.63, 3.8) is 0 Å². The highest BCUT2D eigenvalue weighted by atomic mass is 16.3. The number of amidine groups is 1. The third-order valence-electron chi connectivity index (χ3n) is 5.86. The van der Waals surface area contributed by atoms with Crippen molar-refractivity contribution in [2.45, 2.75) is 39.0 Å². The molecule has 0 aromatic heterocycles. The Morgan fingerprint density at radius 1 is 1.06 bits per heavy atom. The van der Waals surface area contributed by atoms with Gasteiger partial charge in [-0.15, -0.1) is 0 Å². The summed E-state index contributed by atoms with van der Waals surface area (Å²) >= 11 is 0. The third kappa shape index (κ3) is 6.67. The lowest BCUT2D eigenvalue weighted by Crippen LogP contribution is -2.28. The van der Waals surface area contributed by atoms with E-state index in [0.717, 1.165) is 53.0 Å². The minimum absolute atomic E-state index is 0.0408. The molecule has 1 aliphatic carbocycles. The topological polar surface area (TPSA) is 100 Å². The summed E-state index contributed by atoms with van der Waals surface area (Å²) in [5.41, 5.74) is 12.5. The number of rotatable bonds is 7. The van der Waals surface area contributed by atoms with E-state index in [2.05, 4.69) is 17.4 Å². The van der Waals surface area contributed by atoms with Crippen molar-refractivity contribution in [3.8, 4) is 5.75 Å². The predicted molar refractivity (Wildman–Crippen MR) is 142 cm³/mol. The number of aromatic hydroxyl groups is 1. The normalized spacial score (nSPS) is 13.7. The maximum absolute atomic E-state index is 12.5. The van der Waals surface area contributed by atoms with Gasteiger partial charge in [-0.25, -0.2) is 4.99 Å². The average molecular weight is 467 g/mol. The molecule has 3 aromatic rings. The van der Waals surface area contributed by atoms with E-state index in [1.807, 2.05) is 43.3 Å². The van der Waals surface area contributed by atoms with Crippen LogP contribution in [0.1, 0.15) is 48.4 Å². The maximum atomic E-state index is 12.5. The Labute approximate surface area is 206 Å². The number of aliphatic imine (C=N–C) groups is 2. The average Bonchev–Trinajstić information content (AvgIpc) is 2.85. The lowest BCUT2D eigenvalue weighted by Gasteiger charge is -2.19. The van der Waals surface area contributed by atoms with E-state index < -0.39 is 0 Å². The zero-order chi connectivity index (χ0) is 24.6. The van der Waals surface area contributed by atoms with E-state index in [1.54, 1.807) is 30.5 Å². The zero-order valence-corrected chi connectivity index (χ0v) is 19.9. The van der Waals surface area contributed by atoms with Gasteiger partial charge in [0.05, 0.1) is 11.4 Å². The number of phenols is 1. The predicted octanol–water partition coefficient (Wildman–Crippen LogP) is 5.27. The molecule has 0 atom stereocenters. The summed E-state index contributed by atoms with van der Waals surface area (Å²) in [5, 5.41) is 12.5. The molecule has 3 aromatic carbocycles. The first-order valence-electron chi connectivity index (χ1n) is 11.8. The number of benzene rings is 3. The summed E-state index contributed by atoms with van der Waals surface area (Å²) in [6.07, 6.45) is 5.34. The van der Waals surface area contributed by atoms with Gasteiger partial charge in [0.2, 0.25) is 5.91 Å². The molecular formula is C29H30N4O2. The second kappa shape index (κ2) is 11.3. The number of anilines is 1. The van der Waals surface area contributed by atoms with Crippen LogP contribution in [-0.2, 0) is 17.6 Å². The number of aryl methyl sites for hydroxylation is 2. The Balaban J connectivity index is 1.51. The summed E-state index contributed by atoms with van der Waals surface area (Å²) in [5.74, 6) is 0.724. The molecule has 0 heterocycles. The fourth-order valence-electron chi connectivity index (χ4n) is 4.12. The number of hydrogen-bond donors (Lipinski definition) is 3. The Hall–Kier alpha value is -4.19. The molecule has 6 nitrogen and oxygen atoms in total. The Kier molecular flexibility index (Phi) is 7.73. The van der Waals surface area contributed by atoms with Gasteiger partial charge in [-0.2, -0.15) is 0 Å². The first-order chi connectivity index (χ1) is 17.0. The van der Waals surface area contributed by atoms with Crippen LogP contribution in [0.2, 0.25) is 0 Å². The molecule has 1 amide bonds. The van der Waals surface area contributed by atoms with Crippen LogP contribution in [0.5, 0.6) is 5.75 Å². The van der Waals surface area contributed by atoms with Gasteiger partial charge in [0, 0.05) is 23.9 Å². The second-order valence-electron chi connectivity index (χ2n) is 8.65. The number of amides is 1. The number of nitrogens with one attached hydrogen (secondary N) is 1. The molecule has 0 spiro atoms. The van der Waals surface area contributed by atoms with Crippen LogP contribution in [-0.4, -0.2) is 23.1 Å². The van der Waals surface area contributed by atoms with Crippen molar-refractivity contribution in [3.05, 3.63) is 101 Å². The van der Waals surface area contributed by atoms with Gasteiger partial charge in [0.1, 0.15) is 11.6 Å². The van der Waals surface area contributed by atoms with Crippen LogP contribution in [0.25, 0.3) is 5.70 Å². The van der Waals surface area contributed by atoms with Crippen LogP contribution in [0, 0.1) is 0 Å². The number of hydrogen-bond acceptors (Lipinski definition) is 5. The van der Waals surface area contributed by atoms with Crippen LogP contribution >= 0.6 is 0 Å². The first kappa shape index (κ1) is 24.0. The van der Waals surface area contributed by atoms with Gasteiger partial charge in [-0.3, -0.25) is 9.79 Å². The van der Waals surface area contributed by atoms with Gasteiger partial charge >= 0.3 is 0 Å². The Morgan fingerprint density at radius 3 is 2.60 bits per heavy atom. The molecule has 4 rings (SSSR count). The molecule has 1 aliphatic rings. The summed E-state index contributed by atoms with van der Waals surface area (Å²) in [6.45, 7) is 1.81. The summed E-state index contributed by atoms with van der Waals surface area (Å²) in [6, 6.07) is 22.8. The molecular weight excluding hydrogens is 436 g/mol. The highest BCUT2D eigenvalue weighted by Gasteiger charge is 2.19. The number of nitrogens with two attached hydrogens (primary N) is 1. The maximum Gasteiger partial charge on any atom is 0.225 e. The largest absolute Gasteiger partial charge is 0.508 e. The first-order valence-corrected chi connectivity index (χ1v) is 11.8. The van der Waals surface area contributed by atoms with Crippen molar-refractivity contribution in [2.24, 2.45) is 9.98 Å². The number of carbonyl (C=O) groups excluding carboxylic acids is 1. The molecule has 0 saturated carbocycles. The third-order valence-corrected chi connectivity index (χ3v) is 5.86. The van der Waals surface area contributed by atoms with Crippen molar-refractivity contribution in [2.75, 3.05) is 5.73 Å². The van der Waals surface area contributed by atoms with Gasteiger partial charge in [-0.1, -0.05) is 36.4 Å². The fourth-order valence-corrected chi connectivity index (χ4v) is 4.12. The minimum Gasteiger partial charge on any atom is -0.508 e. The molecule has 0 bridgehead atoms. The van der Waals surface area contributed by atoms with E-state index in [9.17, 15) is 9.90 Å². The molecule has 4 N–H and O–H groups in total. The van der Waals surface area contributed by atoms with Crippen LogP contribution in [0.4, 0.5) is 5.69 Å². The van der Waals surface area contributed by atoms with Crippen LogP contribution < -0.4 is 11.1 Å². The summed E-state index contributed by atoms with van der Waals surface area (Å²) in [4.78, 5) is 22.0. The van der Waals surface area contributed by atoms with Crippen LogP contribution in [0.3, 0.4) is 0 Å². The van der Waals surface area contributed by atoms with Gasteiger partial charge in [-0.05, 0) is 85.7 Å². The highest BCUT2D eigenvalue weighted by molar-refractivity contribution is 5.98. The zero-order valence-electron chi connectivity index (χ0n) is 19.9. The smallest absolute Gasteiger partial charge is 0.225 e. The number of carbonyl (C=O) groups is 1. The number of allylic oxidation sites excluding steroid dienone is 1. The number of phenolic OH excluding ortho intramolecular Hbond substituents is 1. The fraction of sp³-hybridized carbons (Fsp3) is 0.207. The molecule has 0 unspecified atom stereocenters. The van der Waals surface area contributed by atoms with Crippen molar-refractivity contribution < 1.29 is 9.90 Å². The molecule has 178 valence electrons. The SMILES string of the molecule is CC(=NC1=C(N=Cc2ccc(O)cc2)c2ccc(N)cc2CC1)NC(=O)CCCc1ccccc1. The lowest BCUT2D eigenvalue weighted by atomic mass is 9.92. The molecule has 0 radical (unpaired) electrons. The van der Waals surface area contributed by atoms with Crippen molar-refractivity contribution in [1.82, 2.24) is 5.32 Å². The highest BCUT2D eigenvalue weighted by Crippen LogP contribution is 2.34. The molecule has 0 fully saturated rings. The number of nitrogens with zero attached hydrogens (tertiary/aromatic N) is 2. The summed E-state index contributed by atoms with van der Waals surface area (Å²) < 4.78 is 0. The molecule has 0 saturated heterocycles. The van der Waals surface area contributed by atoms with E-state index in [4.69, 9.17) is 15.7 Å². The number of fused-ring (bicyclic) bond motifs is 1. The standard InChI is InChI=1S/C29H30N4O2/c1-20(33-28(35)9-5-8-21-6-3-2-4-7-21)32-27-17-12-23-18-24(30)13-16-26(23)29(27)31-19-22-10-14-25(34)15-11-22/h2-4,6-7,10-11,13-16,18-19,34H,5,8-9,12,17,30H2,1H3,(H,32,33,35). The lowest BCUT2D eigenvalue weighted by molar-refractivity contribution is -0.119. The van der Waals surface area contributed by atoms with Crippen LogP contribution in [0.15, 0.2) is 88.5 Å². The van der Waals surface area contributed by atoms with Gasteiger partial charge < -0.3 is 16.2 Å². The Morgan fingerprint density at radius 2 is 1.83 bits per heavy atom. The monoisotopic (exact) mass is 466 g/mol. The van der Waals surface area contributed by atoms with Gasteiger partial charge in [0.15, 0.2) is 0 Å². The van der Waals surface area contributed by atoms with E-state index >= 15 is 0 Å². The van der Waals surface area contributed by atoms with E-state index in [-0.39, 0.29) is 11.7 Å². The Bertz CT molecular complexity index is 1280. The minimum atomic E-state index is -0.0408. The van der Waals surface area contributed by atoms with E-state index in [1.165, 1.54) is 5.56 Å². The second-order valence-corrected chi connectivity index (χ2v) is 8.65. The van der Waals surface area contributed by atoms with E-state index in [0.29, 0.717) is 18.7 Å². The molecule has 35 heavy (non-hydrogen) atoms. The van der Waals surface area contributed by atoms with Gasteiger partial charge in [0.25, 0.3) is 0 Å². The number of nitrogen functional groups attached to an aromatic ring is 1. The quantitative estimate of drug-likeness (QED) is 0.251.